The highest BCUT2D eigenvalue weighted by Crippen LogP contribution is 2.27. The molecule has 0 amide bonds. The Hall–Kier alpha value is -2.42. The van der Waals surface area contributed by atoms with Crippen molar-refractivity contribution >= 4 is 11.7 Å². The Morgan fingerprint density at radius 1 is 1.00 bits per heavy atom. The molecule has 3 heteroatoms. The van der Waals surface area contributed by atoms with E-state index in [1.807, 2.05) is 48.5 Å². The van der Waals surface area contributed by atoms with Crippen LogP contribution in [0.4, 0.5) is 0 Å². The van der Waals surface area contributed by atoms with Gasteiger partial charge in [-0.15, -0.1) is 0 Å². The van der Waals surface area contributed by atoms with E-state index in [4.69, 9.17) is 5.11 Å². The molecule has 0 fully saturated rings. The van der Waals surface area contributed by atoms with E-state index < -0.39 is 5.97 Å². The lowest BCUT2D eigenvalue weighted by molar-refractivity contribution is -0.135. The van der Waals surface area contributed by atoms with Crippen molar-refractivity contribution in [2.24, 2.45) is 4.99 Å². The van der Waals surface area contributed by atoms with Gasteiger partial charge in [0, 0.05) is 11.1 Å². The van der Waals surface area contributed by atoms with Crippen molar-refractivity contribution in [3.63, 3.8) is 0 Å². The Bertz CT molecular complexity index is 682. The molecule has 114 valence electrons. The number of rotatable bonds is 4. The van der Waals surface area contributed by atoms with Crippen molar-refractivity contribution in [3.8, 4) is 0 Å². The van der Waals surface area contributed by atoms with Crippen LogP contribution in [0.2, 0.25) is 0 Å². The van der Waals surface area contributed by atoms with Crippen LogP contribution in [-0.4, -0.2) is 23.3 Å². The van der Waals surface area contributed by atoms with E-state index in [9.17, 15) is 4.79 Å². The van der Waals surface area contributed by atoms with Crippen LogP contribution >= 0.6 is 0 Å². The van der Waals surface area contributed by atoms with Crippen molar-refractivity contribution in [1.82, 2.24) is 0 Å². The first-order valence-corrected chi connectivity index (χ1v) is 7.31. The summed E-state index contributed by atoms with van der Waals surface area (Å²) in [4.78, 5) is 15.3. The molecule has 0 radical (unpaired) electrons. The SMILES string of the molecule is CC(C)(C)c1ccccc1C(=NCC(=O)O)c1ccccc1. The van der Waals surface area contributed by atoms with Crippen molar-refractivity contribution < 1.29 is 9.90 Å². The van der Waals surface area contributed by atoms with E-state index in [1.165, 1.54) is 0 Å². The van der Waals surface area contributed by atoms with Crippen molar-refractivity contribution in [2.75, 3.05) is 6.54 Å². The third kappa shape index (κ3) is 3.82. The Kier molecular flexibility index (Phi) is 4.76. The number of benzene rings is 2. The zero-order valence-electron chi connectivity index (χ0n) is 13.2. The summed E-state index contributed by atoms with van der Waals surface area (Å²) in [5, 5.41) is 8.98. The maximum absolute atomic E-state index is 10.9. The van der Waals surface area contributed by atoms with E-state index in [-0.39, 0.29) is 12.0 Å². The molecule has 0 aliphatic heterocycles. The minimum absolute atomic E-state index is 0.0463. The number of carbonyl (C=O) groups is 1. The van der Waals surface area contributed by atoms with Gasteiger partial charge < -0.3 is 5.11 Å². The van der Waals surface area contributed by atoms with Crippen LogP contribution in [-0.2, 0) is 10.2 Å². The fourth-order valence-electron chi connectivity index (χ4n) is 2.42. The molecule has 0 bridgehead atoms. The second kappa shape index (κ2) is 6.56. The first-order valence-electron chi connectivity index (χ1n) is 7.31. The lowest BCUT2D eigenvalue weighted by atomic mass is 9.81. The van der Waals surface area contributed by atoms with Gasteiger partial charge in [-0.2, -0.15) is 0 Å². The summed E-state index contributed by atoms with van der Waals surface area (Å²) < 4.78 is 0. The number of carboxylic acids is 1. The normalized spacial score (nSPS) is 12.2. The molecule has 0 aromatic heterocycles. The average Bonchev–Trinajstić information content (AvgIpc) is 2.48. The predicted octanol–water partition coefficient (Wildman–Crippen LogP) is 3.91. The Balaban J connectivity index is 2.61. The zero-order valence-corrected chi connectivity index (χ0v) is 13.2. The van der Waals surface area contributed by atoms with Crippen LogP contribution in [0.3, 0.4) is 0 Å². The highest BCUT2D eigenvalue weighted by atomic mass is 16.4. The van der Waals surface area contributed by atoms with Gasteiger partial charge in [0.2, 0.25) is 0 Å². The topological polar surface area (TPSA) is 49.7 Å². The van der Waals surface area contributed by atoms with Crippen molar-refractivity contribution in [1.29, 1.82) is 0 Å². The molecule has 0 aliphatic carbocycles. The molecule has 2 aromatic rings. The van der Waals surface area contributed by atoms with Crippen molar-refractivity contribution in [2.45, 2.75) is 26.2 Å². The van der Waals surface area contributed by atoms with E-state index in [0.29, 0.717) is 0 Å². The Labute approximate surface area is 131 Å². The van der Waals surface area contributed by atoms with Gasteiger partial charge in [0.1, 0.15) is 6.54 Å². The predicted molar refractivity (Wildman–Crippen MR) is 89.7 cm³/mol. The van der Waals surface area contributed by atoms with Crippen LogP contribution in [0.5, 0.6) is 0 Å². The Morgan fingerprint density at radius 2 is 1.59 bits per heavy atom. The fourth-order valence-corrected chi connectivity index (χ4v) is 2.42. The van der Waals surface area contributed by atoms with E-state index >= 15 is 0 Å². The second-order valence-electron chi connectivity index (χ2n) is 6.22. The molecule has 0 saturated heterocycles. The molecule has 1 N–H and O–H groups in total. The van der Waals surface area contributed by atoms with Crippen LogP contribution in [0, 0.1) is 0 Å². The zero-order chi connectivity index (χ0) is 16.2. The molecule has 3 nitrogen and oxygen atoms in total. The van der Waals surface area contributed by atoms with Gasteiger partial charge in [0.15, 0.2) is 0 Å². The quantitative estimate of drug-likeness (QED) is 0.869. The third-order valence-corrected chi connectivity index (χ3v) is 3.41. The van der Waals surface area contributed by atoms with Gasteiger partial charge in [-0.3, -0.25) is 9.79 Å². The second-order valence-corrected chi connectivity index (χ2v) is 6.22. The number of hydrogen-bond acceptors (Lipinski definition) is 2. The summed E-state index contributed by atoms with van der Waals surface area (Å²) in [6, 6.07) is 17.8. The molecule has 22 heavy (non-hydrogen) atoms. The summed E-state index contributed by atoms with van der Waals surface area (Å²) in [7, 11) is 0. The molecule has 0 saturated carbocycles. The van der Waals surface area contributed by atoms with Crippen LogP contribution in [0.1, 0.15) is 37.5 Å². The van der Waals surface area contributed by atoms with Gasteiger partial charge in [0.25, 0.3) is 0 Å². The highest BCUT2D eigenvalue weighted by molar-refractivity contribution is 6.14. The summed E-state index contributed by atoms with van der Waals surface area (Å²) in [6.07, 6.45) is 0. The fraction of sp³-hybridized carbons (Fsp3) is 0.263. The summed E-state index contributed by atoms with van der Waals surface area (Å²) in [5.74, 6) is -0.929. The molecule has 0 atom stereocenters. The monoisotopic (exact) mass is 295 g/mol. The molecular weight excluding hydrogens is 274 g/mol. The molecule has 0 spiro atoms. The minimum atomic E-state index is -0.929. The van der Waals surface area contributed by atoms with Gasteiger partial charge >= 0.3 is 5.97 Å². The highest BCUT2D eigenvalue weighted by Gasteiger charge is 2.20. The minimum Gasteiger partial charge on any atom is -0.480 e. The standard InChI is InChI=1S/C19H21NO2/c1-19(2,3)16-12-8-7-11-15(16)18(20-13-17(21)22)14-9-5-4-6-10-14/h4-12H,13H2,1-3H3,(H,21,22). The Morgan fingerprint density at radius 3 is 2.18 bits per heavy atom. The molecular formula is C19H21NO2. The van der Waals surface area contributed by atoms with Crippen LogP contribution in [0.25, 0.3) is 0 Å². The summed E-state index contributed by atoms with van der Waals surface area (Å²) in [5.41, 5.74) is 3.76. The maximum atomic E-state index is 10.9. The number of hydrogen-bond donors (Lipinski definition) is 1. The average molecular weight is 295 g/mol. The number of carboxylic acid groups (broad SMARTS) is 1. The lowest BCUT2D eigenvalue weighted by Crippen LogP contribution is -2.18. The number of aliphatic carboxylic acids is 1. The molecule has 0 heterocycles. The van der Waals surface area contributed by atoms with Gasteiger partial charge in [0.05, 0.1) is 5.71 Å². The maximum Gasteiger partial charge on any atom is 0.325 e. The third-order valence-electron chi connectivity index (χ3n) is 3.41. The first kappa shape index (κ1) is 16.0. The van der Waals surface area contributed by atoms with Crippen LogP contribution in [0.15, 0.2) is 59.6 Å². The smallest absolute Gasteiger partial charge is 0.325 e. The number of nitrogens with zero attached hydrogens (tertiary/aromatic N) is 1. The number of aliphatic imine (C=N–C) groups is 1. The van der Waals surface area contributed by atoms with E-state index in [1.54, 1.807) is 0 Å². The van der Waals surface area contributed by atoms with E-state index in [2.05, 4.69) is 31.8 Å². The molecule has 2 aromatic carbocycles. The summed E-state index contributed by atoms with van der Waals surface area (Å²) in [6.45, 7) is 6.20. The summed E-state index contributed by atoms with van der Waals surface area (Å²) >= 11 is 0. The lowest BCUT2D eigenvalue weighted by Gasteiger charge is -2.23. The molecule has 0 unspecified atom stereocenters. The van der Waals surface area contributed by atoms with Gasteiger partial charge in [-0.25, -0.2) is 0 Å². The largest absolute Gasteiger partial charge is 0.480 e. The van der Waals surface area contributed by atoms with E-state index in [0.717, 1.165) is 22.4 Å². The van der Waals surface area contributed by atoms with Crippen LogP contribution < -0.4 is 0 Å². The van der Waals surface area contributed by atoms with Gasteiger partial charge in [-0.05, 0) is 11.0 Å². The van der Waals surface area contributed by atoms with Crippen molar-refractivity contribution in [3.05, 3.63) is 71.3 Å². The first-order chi connectivity index (χ1) is 10.4. The van der Waals surface area contributed by atoms with Gasteiger partial charge in [-0.1, -0.05) is 75.4 Å². The molecule has 0 aliphatic rings. The molecule has 2 rings (SSSR count).